The zero-order valence-corrected chi connectivity index (χ0v) is 12.5. The molecule has 0 aliphatic carbocycles. The van der Waals surface area contributed by atoms with Crippen LogP contribution >= 0.6 is 0 Å². The predicted octanol–water partition coefficient (Wildman–Crippen LogP) is 1.10. The Hall–Kier alpha value is -0.160. The first-order chi connectivity index (χ1) is 8.46. The van der Waals surface area contributed by atoms with Gasteiger partial charge in [0.15, 0.2) is 0 Å². The second-order valence-corrected chi connectivity index (χ2v) is 6.31. The normalized spacial score (nSPS) is 25.0. The Morgan fingerprint density at radius 2 is 2.17 bits per heavy atom. The number of nitrogens with zero attached hydrogens (tertiary/aromatic N) is 1. The van der Waals surface area contributed by atoms with Crippen LogP contribution in [-0.4, -0.2) is 62.0 Å². The molecule has 1 saturated heterocycles. The lowest BCUT2D eigenvalue weighted by molar-refractivity contribution is 0.0346. The summed E-state index contributed by atoms with van der Waals surface area (Å²) in [5.74, 6) is 0. The maximum atomic E-state index is 9.45. The Balaban J connectivity index is 2.56. The van der Waals surface area contributed by atoms with E-state index in [0.29, 0.717) is 0 Å². The predicted molar refractivity (Wildman–Crippen MR) is 74.8 cm³/mol. The van der Waals surface area contributed by atoms with Crippen LogP contribution in [0.2, 0.25) is 0 Å². The number of ether oxygens (including phenoxy) is 1. The van der Waals surface area contributed by atoms with Crippen LogP contribution in [0.4, 0.5) is 0 Å². The molecule has 1 unspecified atom stereocenters. The highest BCUT2D eigenvalue weighted by molar-refractivity contribution is 4.91. The molecule has 1 rings (SSSR count). The molecule has 0 aromatic carbocycles. The summed E-state index contributed by atoms with van der Waals surface area (Å²) in [4.78, 5) is 2.26. The average Bonchev–Trinajstić information content (AvgIpc) is 2.78. The molecule has 0 bridgehead atoms. The van der Waals surface area contributed by atoms with E-state index >= 15 is 0 Å². The molecule has 1 aliphatic rings. The summed E-state index contributed by atoms with van der Waals surface area (Å²) in [5.41, 5.74) is 0.0384. The third kappa shape index (κ3) is 4.19. The number of nitrogens with one attached hydrogen (secondary N) is 1. The highest BCUT2D eigenvalue weighted by atomic mass is 16.5. The summed E-state index contributed by atoms with van der Waals surface area (Å²) in [6.45, 7) is 11.3. The lowest BCUT2D eigenvalue weighted by atomic mass is 9.85. The van der Waals surface area contributed by atoms with Gasteiger partial charge in [-0.3, -0.25) is 4.90 Å². The fourth-order valence-electron chi connectivity index (χ4n) is 2.34. The van der Waals surface area contributed by atoms with Crippen molar-refractivity contribution in [2.24, 2.45) is 5.41 Å². The van der Waals surface area contributed by atoms with Crippen molar-refractivity contribution in [2.45, 2.75) is 39.2 Å². The maximum absolute atomic E-state index is 9.45. The van der Waals surface area contributed by atoms with Gasteiger partial charge in [-0.25, -0.2) is 0 Å². The molecule has 108 valence electrons. The van der Waals surface area contributed by atoms with E-state index in [0.717, 1.165) is 45.7 Å². The van der Waals surface area contributed by atoms with Crippen molar-refractivity contribution >= 4 is 0 Å². The smallest absolute Gasteiger partial charge is 0.0609 e. The van der Waals surface area contributed by atoms with E-state index in [9.17, 15) is 5.11 Å². The number of aliphatic hydroxyl groups excluding tert-OH is 1. The molecule has 1 heterocycles. The van der Waals surface area contributed by atoms with E-state index in [1.165, 1.54) is 0 Å². The van der Waals surface area contributed by atoms with E-state index < -0.39 is 0 Å². The summed E-state index contributed by atoms with van der Waals surface area (Å²) in [6, 6.07) is 0. The van der Waals surface area contributed by atoms with Crippen LogP contribution in [0, 0.1) is 5.41 Å². The molecule has 1 atom stereocenters. The highest BCUT2D eigenvalue weighted by Crippen LogP contribution is 2.30. The first-order valence-electron chi connectivity index (χ1n) is 7.06. The van der Waals surface area contributed by atoms with Crippen LogP contribution in [0.1, 0.15) is 33.6 Å². The standard InChI is InChI=1S/C14H30N2O2/c1-5-7-15-9-14(6-8-18-12-14)10-16(4)13(2,3)11-17/h15,17H,5-12H2,1-4H3. The van der Waals surface area contributed by atoms with Crippen molar-refractivity contribution in [1.29, 1.82) is 0 Å². The van der Waals surface area contributed by atoms with Gasteiger partial charge in [0, 0.05) is 30.7 Å². The average molecular weight is 258 g/mol. The first kappa shape index (κ1) is 15.9. The molecule has 4 nitrogen and oxygen atoms in total. The minimum atomic E-state index is -0.166. The van der Waals surface area contributed by atoms with Gasteiger partial charge in [-0.15, -0.1) is 0 Å². The van der Waals surface area contributed by atoms with Gasteiger partial charge in [0.05, 0.1) is 13.2 Å². The second kappa shape index (κ2) is 6.85. The molecule has 4 heteroatoms. The molecular formula is C14H30N2O2. The third-order valence-electron chi connectivity index (χ3n) is 4.10. The number of aliphatic hydroxyl groups is 1. The molecule has 0 saturated carbocycles. The number of hydrogen-bond acceptors (Lipinski definition) is 4. The van der Waals surface area contributed by atoms with Gasteiger partial charge in [-0.05, 0) is 40.3 Å². The fourth-order valence-corrected chi connectivity index (χ4v) is 2.34. The van der Waals surface area contributed by atoms with Crippen molar-refractivity contribution in [1.82, 2.24) is 10.2 Å². The Bertz CT molecular complexity index is 238. The van der Waals surface area contributed by atoms with Crippen molar-refractivity contribution in [2.75, 3.05) is 46.5 Å². The number of hydrogen-bond donors (Lipinski definition) is 2. The van der Waals surface area contributed by atoms with Gasteiger partial charge in [0.1, 0.15) is 0 Å². The fraction of sp³-hybridized carbons (Fsp3) is 1.00. The highest BCUT2D eigenvalue weighted by Gasteiger charge is 2.38. The SMILES string of the molecule is CCCNCC1(CN(C)C(C)(C)CO)CCOC1. The maximum Gasteiger partial charge on any atom is 0.0609 e. The quantitative estimate of drug-likeness (QED) is 0.640. The van der Waals surface area contributed by atoms with Crippen LogP contribution in [-0.2, 0) is 4.74 Å². The minimum absolute atomic E-state index is 0.166. The molecule has 0 radical (unpaired) electrons. The molecule has 1 fully saturated rings. The molecule has 0 spiro atoms. The van der Waals surface area contributed by atoms with Crippen molar-refractivity contribution in [3.8, 4) is 0 Å². The largest absolute Gasteiger partial charge is 0.394 e. The lowest BCUT2D eigenvalue weighted by Gasteiger charge is -2.40. The molecule has 18 heavy (non-hydrogen) atoms. The summed E-state index contributed by atoms with van der Waals surface area (Å²) in [5, 5.41) is 13.0. The summed E-state index contributed by atoms with van der Waals surface area (Å²) in [6.07, 6.45) is 2.27. The molecule has 0 aromatic heterocycles. The summed E-state index contributed by atoms with van der Waals surface area (Å²) in [7, 11) is 2.09. The van der Waals surface area contributed by atoms with Crippen molar-refractivity contribution < 1.29 is 9.84 Å². The van der Waals surface area contributed by atoms with Crippen LogP contribution in [0.5, 0.6) is 0 Å². The van der Waals surface area contributed by atoms with E-state index in [1.54, 1.807) is 0 Å². The van der Waals surface area contributed by atoms with Gasteiger partial charge in [0.2, 0.25) is 0 Å². The summed E-state index contributed by atoms with van der Waals surface area (Å²) < 4.78 is 5.61. The Morgan fingerprint density at radius 3 is 2.67 bits per heavy atom. The Labute approximate surface area is 112 Å². The van der Waals surface area contributed by atoms with Crippen molar-refractivity contribution in [3.05, 3.63) is 0 Å². The molecule has 0 amide bonds. The second-order valence-electron chi connectivity index (χ2n) is 6.31. The first-order valence-corrected chi connectivity index (χ1v) is 7.06. The Kier molecular flexibility index (Phi) is 6.05. The lowest BCUT2D eigenvalue weighted by Crippen LogP contribution is -2.52. The van der Waals surface area contributed by atoms with Gasteiger partial charge >= 0.3 is 0 Å². The zero-order chi connectivity index (χ0) is 13.6. The van der Waals surface area contributed by atoms with E-state index in [4.69, 9.17) is 4.74 Å². The molecule has 0 aromatic rings. The van der Waals surface area contributed by atoms with Gasteiger partial charge in [-0.1, -0.05) is 6.92 Å². The van der Waals surface area contributed by atoms with Crippen molar-refractivity contribution in [3.63, 3.8) is 0 Å². The minimum Gasteiger partial charge on any atom is -0.394 e. The van der Waals surface area contributed by atoms with Gasteiger partial charge < -0.3 is 15.2 Å². The van der Waals surface area contributed by atoms with Crippen LogP contribution in [0.15, 0.2) is 0 Å². The van der Waals surface area contributed by atoms with Crippen LogP contribution in [0.3, 0.4) is 0 Å². The molecule has 1 aliphatic heterocycles. The Morgan fingerprint density at radius 1 is 1.44 bits per heavy atom. The molecular weight excluding hydrogens is 228 g/mol. The van der Waals surface area contributed by atoms with Gasteiger partial charge in [0.25, 0.3) is 0 Å². The zero-order valence-electron chi connectivity index (χ0n) is 12.5. The van der Waals surface area contributed by atoms with Crippen LogP contribution < -0.4 is 5.32 Å². The number of likely N-dealkylation sites (N-methyl/N-ethyl adjacent to an activating group) is 1. The van der Waals surface area contributed by atoms with Crippen LogP contribution in [0.25, 0.3) is 0 Å². The van der Waals surface area contributed by atoms with E-state index in [-0.39, 0.29) is 17.6 Å². The number of rotatable bonds is 8. The molecule has 2 N–H and O–H groups in total. The van der Waals surface area contributed by atoms with E-state index in [2.05, 4.69) is 38.0 Å². The monoisotopic (exact) mass is 258 g/mol. The summed E-state index contributed by atoms with van der Waals surface area (Å²) >= 11 is 0. The topological polar surface area (TPSA) is 44.7 Å². The van der Waals surface area contributed by atoms with E-state index in [1.807, 2.05) is 0 Å². The van der Waals surface area contributed by atoms with Gasteiger partial charge in [-0.2, -0.15) is 0 Å². The third-order valence-corrected chi connectivity index (χ3v) is 4.10.